The summed E-state index contributed by atoms with van der Waals surface area (Å²) in [7, 11) is 1.61. The number of anilines is 1. The molecule has 2 atom stereocenters. The standard InChI is InChI=1S/C20H23NO4/c1-3-25-19(22)18-20(23,15-7-5-4-6-8-15)13-14-21(18)16-9-11-17(24-2)12-10-16/h4-12,18,23H,3,13-14H2,1-2H3/t18-,20-/m0/s1. The first kappa shape index (κ1) is 17.3. The summed E-state index contributed by atoms with van der Waals surface area (Å²) in [5.74, 6) is 0.330. The number of ether oxygens (including phenoxy) is 2. The minimum absolute atomic E-state index is 0.274. The normalized spacial score (nSPS) is 22.7. The zero-order valence-electron chi connectivity index (χ0n) is 14.5. The fourth-order valence-corrected chi connectivity index (χ4v) is 3.44. The fourth-order valence-electron chi connectivity index (χ4n) is 3.44. The van der Waals surface area contributed by atoms with E-state index in [-0.39, 0.29) is 6.61 Å². The van der Waals surface area contributed by atoms with Crippen LogP contribution in [0.15, 0.2) is 54.6 Å². The van der Waals surface area contributed by atoms with Crippen molar-refractivity contribution in [1.29, 1.82) is 0 Å². The Kier molecular flexibility index (Phi) is 4.95. The number of hydrogen-bond acceptors (Lipinski definition) is 5. The molecule has 0 amide bonds. The van der Waals surface area contributed by atoms with Gasteiger partial charge in [-0.05, 0) is 36.8 Å². The highest BCUT2D eigenvalue weighted by molar-refractivity contribution is 5.83. The summed E-state index contributed by atoms with van der Waals surface area (Å²) in [6, 6.07) is 16.0. The molecule has 1 aliphatic rings. The van der Waals surface area contributed by atoms with Gasteiger partial charge in [-0.15, -0.1) is 0 Å². The van der Waals surface area contributed by atoms with Crippen molar-refractivity contribution in [2.75, 3.05) is 25.2 Å². The van der Waals surface area contributed by atoms with Crippen LogP contribution in [0.2, 0.25) is 0 Å². The number of carbonyl (C=O) groups is 1. The van der Waals surface area contributed by atoms with Gasteiger partial charge in [0.1, 0.15) is 11.4 Å². The topological polar surface area (TPSA) is 59.0 Å². The lowest BCUT2D eigenvalue weighted by Gasteiger charge is -2.33. The predicted octanol–water partition coefficient (Wildman–Crippen LogP) is 2.72. The average Bonchev–Trinajstić information content (AvgIpc) is 3.01. The number of aliphatic hydroxyl groups is 1. The van der Waals surface area contributed by atoms with Gasteiger partial charge >= 0.3 is 5.97 Å². The lowest BCUT2D eigenvalue weighted by atomic mass is 9.86. The molecule has 0 aliphatic carbocycles. The summed E-state index contributed by atoms with van der Waals surface area (Å²) in [5, 5.41) is 11.4. The Morgan fingerprint density at radius 3 is 2.48 bits per heavy atom. The number of nitrogens with zero attached hydrogens (tertiary/aromatic N) is 1. The van der Waals surface area contributed by atoms with E-state index >= 15 is 0 Å². The molecular weight excluding hydrogens is 318 g/mol. The Hall–Kier alpha value is -2.53. The largest absolute Gasteiger partial charge is 0.497 e. The van der Waals surface area contributed by atoms with Crippen molar-refractivity contribution in [2.45, 2.75) is 25.0 Å². The highest BCUT2D eigenvalue weighted by Crippen LogP contribution is 2.41. The molecule has 1 fully saturated rings. The van der Waals surface area contributed by atoms with E-state index in [9.17, 15) is 9.90 Å². The van der Waals surface area contributed by atoms with Crippen LogP contribution in [0.3, 0.4) is 0 Å². The van der Waals surface area contributed by atoms with Gasteiger partial charge < -0.3 is 19.5 Å². The number of rotatable bonds is 5. The summed E-state index contributed by atoms with van der Waals surface area (Å²) in [6.07, 6.45) is 0.451. The molecule has 0 unspecified atom stereocenters. The first-order valence-corrected chi connectivity index (χ1v) is 8.45. The highest BCUT2D eigenvalue weighted by Gasteiger charge is 2.52. The number of hydrogen-bond donors (Lipinski definition) is 1. The van der Waals surface area contributed by atoms with Gasteiger partial charge in [0.2, 0.25) is 0 Å². The molecule has 25 heavy (non-hydrogen) atoms. The Morgan fingerprint density at radius 1 is 1.20 bits per heavy atom. The number of methoxy groups -OCH3 is 1. The van der Waals surface area contributed by atoms with Crippen molar-refractivity contribution in [3.8, 4) is 5.75 Å². The molecule has 2 aromatic rings. The van der Waals surface area contributed by atoms with Crippen LogP contribution >= 0.6 is 0 Å². The molecule has 0 spiro atoms. The molecule has 2 aromatic carbocycles. The molecule has 3 rings (SSSR count). The first-order chi connectivity index (χ1) is 12.1. The zero-order chi connectivity index (χ0) is 17.9. The smallest absolute Gasteiger partial charge is 0.332 e. The van der Waals surface area contributed by atoms with E-state index in [0.717, 1.165) is 17.0 Å². The van der Waals surface area contributed by atoms with Gasteiger partial charge in [0.25, 0.3) is 0 Å². The molecule has 0 bridgehead atoms. The van der Waals surface area contributed by atoms with Gasteiger partial charge in [-0.25, -0.2) is 4.79 Å². The maximum atomic E-state index is 12.7. The summed E-state index contributed by atoms with van der Waals surface area (Å²) in [6.45, 7) is 2.60. The molecule has 5 heteroatoms. The molecule has 5 nitrogen and oxygen atoms in total. The van der Waals surface area contributed by atoms with Gasteiger partial charge in [-0.1, -0.05) is 30.3 Å². The molecule has 0 saturated carbocycles. The predicted molar refractivity (Wildman–Crippen MR) is 95.7 cm³/mol. The second-order valence-electron chi connectivity index (χ2n) is 6.09. The maximum absolute atomic E-state index is 12.7. The van der Waals surface area contributed by atoms with Crippen molar-refractivity contribution in [1.82, 2.24) is 0 Å². The third-order valence-corrected chi connectivity index (χ3v) is 4.69. The van der Waals surface area contributed by atoms with Crippen molar-refractivity contribution in [3.05, 3.63) is 60.2 Å². The molecule has 1 N–H and O–H groups in total. The second kappa shape index (κ2) is 7.15. The van der Waals surface area contributed by atoms with Crippen molar-refractivity contribution < 1.29 is 19.4 Å². The molecule has 0 radical (unpaired) electrons. The van der Waals surface area contributed by atoms with Crippen LogP contribution in [0.1, 0.15) is 18.9 Å². The summed E-state index contributed by atoms with van der Waals surface area (Å²) in [5.41, 5.74) is 0.294. The lowest BCUT2D eigenvalue weighted by Crippen LogP contribution is -2.49. The second-order valence-corrected chi connectivity index (χ2v) is 6.09. The Balaban J connectivity index is 1.99. The van der Waals surface area contributed by atoms with Crippen molar-refractivity contribution >= 4 is 11.7 Å². The van der Waals surface area contributed by atoms with Crippen molar-refractivity contribution in [2.24, 2.45) is 0 Å². The van der Waals surface area contributed by atoms with Gasteiger partial charge in [0.15, 0.2) is 6.04 Å². The van der Waals surface area contributed by atoms with Crippen LogP contribution in [-0.2, 0) is 15.1 Å². The molecule has 1 saturated heterocycles. The van der Waals surface area contributed by atoms with E-state index in [1.54, 1.807) is 14.0 Å². The SMILES string of the molecule is CCOC(=O)[C@@H]1N(c2ccc(OC)cc2)CC[C@]1(O)c1ccccc1. The van der Waals surface area contributed by atoms with E-state index in [1.807, 2.05) is 59.5 Å². The van der Waals surface area contributed by atoms with Gasteiger partial charge in [-0.2, -0.15) is 0 Å². The summed E-state index contributed by atoms with van der Waals surface area (Å²) < 4.78 is 10.5. The van der Waals surface area contributed by atoms with Crippen LogP contribution in [-0.4, -0.2) is 37.4 Å². The first-order valence-electron chi connectivity index (χ1n) is 8.45. The molecule has 1 aliphatic heterocycles. The van der Waals surface area contributed by atoms with Crippen molar-refractivity contribution in [3.63, 3.8) is 0 Å². The average molecular weight is 341 g/mol. The van der Waals surface area contributed by atoms with Gasteiger partial charge in [-0.3, -0.25) is 0 Å². The minimum atomic E-state index is -1.28. The maximum Gasteiger partial charge on any atom is 0.332 e. The summed E-state index contributed by atoms with van der Waals surface area (Å²) in [4.78, 5) is 14.6. The van der Waals surface area contributed by atoms with Crippen LogP contribution in [0.4, 0.5) is 5.69 Å². The van der Waals surface area contributed by atoms with Crippen LogP contribution in [0, 0.1) is 0 Å². The minimum Gasteiger partial charge on any atom is -0.497 e. The highest BCUT2D eigenvalue weighted by atomic mass is 16.5. The van der Waals surface area contributed by atoms with Crippen LogP contribution < -0.4 is 9.64 Å². The van der Waals surface area contributed by atoms with E-state index in [0.29, 0.717) is 13.0 Å². The third kappa shape index (κ3) is 3.20. The Morgan fingerprint density at radius 2 is 1.88 bits per heavy atom. The van der Waals surface area contributed by atoms with E-state index < -0.39 is 17.6 Å². The quantitative estimate of drug-likeness (QED) is 0.848. The monoisotopic (exact) mass is 341 g/mol. The number of esters is 1. The van der Waals surface area contributed by atoms with Crippen LogP contribution in [0.25, 0.3) is 0 Å². The Labute approximate surface area is 147 Å². The third-order valence-electron chi connectivity index (χ3n) is 4.69. The zero-order valence-corrected chi connectivity index (χ0v) is 14.5. The number of carbonyl (C=O) groups excluding carboxylic acids is 1. The fraction of sp³-hybridized carbons (Fsp3) is 0.350. The van der Waals surface area contributed by atoms with Gasteiger partial charge in [0, 0.05) is 18.7 Å². The Bertz CT molecular complexity index is 716. The number of benzene rings is 2. The summed E-state index contributed by atoms with van der Waals surface area (Å²) >= 11 is 0. The van der Waals surface area contributed by atoms with E-state index in [4.69, 9.17) is 9.47 Å². The molecule has 1 heterocycles. The van der Waals surface area contributed by atoms with E-state index in [1.165, 1.54) is 0 Å². The van der Waals surface area contributed by atoms with E-state index in [2.05, 4.69) is 0 Å². The molecule has 0 aromatic heterocycles. The van der Waals surface area contributed by atoms with Gasteiger partial charge in [0.05, 0.1) is 13.7 Å². The lowest BCUT2D eigenvalue weighted by molar-refractivity contribution is -0.150. The van der Waals surface area contributed by atoms with Crippen LogP contribution in [0.5, 0.6) is 5.75 Å². The molecule has 132 valence electrons. The molecular formula is C20H23NO4.